The van der Waals surface area contributed by atoms with Gasteiger partial charge >= 0.3 is 20.2 Å². The summed E-state index contributed by atoms with van der Waals surface area (Å²) in [6, 6.07) is 13.3. The number of hydrogen-bond acceptors (Lipinski definition) is 7. The predicted octanol–water partition coefficient (Wildman–Crippen LogP) is 9.09. The van der Waals surface area contributed by atoms with Crippen molar-refractivity contribution < 1.29 is 25.2 Å². The van der Waals surface area contributed by atoms with Crippen LogP contribution in [0.2, 0.25) is 0 Å². The van der Waals surface area contributed by atoms with Gasteiger partial charge in [-0.15, -0.1) is 11.3 Å². The van der Waals surface area contributed by atoms with Crippen molar-refractivity contribution in [1.29, 1.82) is 0 Å². The van der Waals surface area contributed by atoms with Gasteiger partial charge in [0.25, 0.3) is 0 Å². The van der Waals surface area contributed by atoms with Crippen molar-refractivity contribution in [2.75, 3.05) is 0 Å². The topological polar surface area (TPSA) is 86.7 Å². The molecule has 0 unspecified atom stereocenters. The van der Waals surface area contributed by atoms with Gasteiger partial charge in [0.2, 0.25) is 0 Å². The number of benzene rings is 2. The maximum absolute atomic E-state index is 12.9. The minimum Gasteiger partial charge on any atom is -0.374 e. The molecule has 0 spiro atoms. The average Bonchev–Trinajstić information content (AvgIpc) is 3.37. The van der Waals surface area contributed by atoms with Gasteiger partial charge in [-0.2, -0.15) is 16.8 Å². The zero-order valence-corrected chi connectivity index (χ0v) is 26.8. The summed E-state index contributed by atoms with van der Waals surface area (Å²) in [4.78, 5) is 0.00955. The summed E-state index contributed by atoms with van der Waals surface area (Å²) in [6.45, 7) is 4.40. The molecule has 3 rings (SSSR count). The van der Waals surface area contributed by atoms with Crippen LogP contribution in [0.5, 0.6) is 11.5 Å². The number of unbranched alkanes of at least 4 members (excludes halogenated alkanes) is 10. The van der Waals surface area contributed by atoms with Crippen LogP contribution in [-0.4, -0.2) is 16.8 Å². The Hall–Kier alpha value is -2.36. The van der Waals surface area contributed by atoms with Gasteiger partial charge in [0.05, 0.1) is 0 Å². The van der Waals surface area contributed by atoms with Crippen LogP contribution in [0.15, 0.2) is 69.1 Å². The Morgan fingerprint density at radius 2 is 0.854 bits per heavy atom. The second kappa shape index (κ2) is 16.9. The molecule has 2 aromatic carbocycles. The fourth-order valence-corrected chi connectivity index (χ4v) is 7.22. The first-order valence-corrected chi connectivity index (χ1v) is 18.6. The van der Waals surface area contributed by atoms with Crippen molar-refractivity contribution in [3.05, 3.63) is 70.4 Å². The van der Waals surface area contributed by atoms with Gasteiger partial charge in [0.15, 0.2) is 11.5 Å². The van der Waals surface area contributed by atoms with Crippen molar-refractivity contribution in [3.63, 3.8) is 0 Å². The van der Waals surface area contributed by atoms with E-state index in [2.05, 4.69) is 13.8 Å². The molecule has 41 heavy (non-hydrogen) atoms. The van der Waals surface area contributed by atoms with Gasteiger partial charge in [-0.05, 0) is 61.1 Å². The zero-order valence-electron chi connectivity index (χ0n) is 24.3. The highest BCUT2D eigenvalue weighted by atomic mass is 32.2. The lowest BCUT2D eigenvalue weighted by molar-refractivity contribution is 0.451. The second-order valence-corrected chi connectivity index (χ2v) is 14.3. The number of thiophene rings is 1. The first-order chi connectivity index (χ1) is 19.7. The highest BCUT2D eigenvalue weighted by Gasteiger charge is 2.24. The molecule has 0 radical (unpaired) electrons. The molecule has 0 saturated heterocycles. The molecule has 6 nitrogen and oxygen atoms in total. The maximum atomic E-state index is 12.9. The van der Waals surface area contributed by atoms with Gasteiger partial charge in [-0.3, -0.25) is 0 Å². The lowest BCUT2D eigenvalue weighted by Crippen LogP contribution is -2.13. The van der Waals surface area contributed by atoms with E-state index in [-0.39, 0.29) is 21.3 Å². The summed E-state index contributed by atoms with van der Waals surface area (Å²) in [5.41, 5.74) is 2.14. The Morgan fingerprint density at radius 1 is 0.512 bits per heavy atom. The summed E-state index contributed by atoms with van der Waals surface area (Å²) >= 11 is 1.10. The van der Waals surface area contributed by atoms with E-state index < -0.39 is 20.2 Å². The van der Waals surface area contributed by atoms with E-state index in [4.69, 9.17) is 8.37 Å². The third-order valence-electron chi connectivity index (χ3n) is 7.05. The third-order valence-corrected chi connectivity index (χ3v) is 10.3. The van der Waals surface area contributed by atoms with Crippen molar-refractivity contribution in [1.82, 2.24) is 0 Å². The third kappa shape index (κ3) is 11.1. The van der Waals surface area contributed by atoms with Crippen LogP contribution in [0.25, 0.3) is 0 Å². The SMILES string of the molecule is CCCCCCCCc1ccc(S(=O)(=O)Oc2cscc2OS(=O)(=O)c2ccc(CCCCCCCC)cc2)cc1. The number of rotatable bonds is 20. The molecule has 3 aromatic rings. The first kappa shape index (κ1) is 33.1. The Balaban J connectivity index is 1.55. The summed E-state index contributed by atoms with van der Waals surface area (Å²) in [7, 11) is -8.34. The Kier molecular flexibility index (Phi) is 13.7. The predicted molar refractivity (Wildman–Crippen MR) is 167 cm³/mol. The first-order valence-electron chi connectivity index (χ1n) is 14.9. The minimum atomic E-state index is -4.17. The van der Waals surface area contributed by atoms with E-state index in [0.717, 1.165) is 61.0 Å². The molecule has 0 bridgehead atoms. The van der Waals surface area contributed by atoms with Crippen LogP contribution >= 0.6 is 11.3 Å². The summed E-state index contributed by atoms with van der Waals surface area (Å²) < 4.78 is 62.4. The van der Waals surface area contributed by atoms with E-state index in [9.17, 15) is 16.8 Å². The smallest absolute Gasteiger partial charge is 0.339 e. The van der Waals surface area contributed by atoms with Crippen LogP contribution in [-0.2, 0) is 33.1 Å². The molecule has 9 heteroatoms. The summed E-state index contributed by atoms with van der Waals surface area (Å²) in [5, 5.41) is 2.83. The van der Waals surface area contributed by atoms with Gasteiger partial charge in [-0.25, -0.2) is 0 Å². The molecule has 1 heterocycles. The quantitative estimate of drug-likeness (QED) is 0.0925. The lowest BCUT2D eigenvalue weighted by atomic mass is 10.1. The van der Waals surface area contributed by atoms with Crippen LogP contribution in [0.1, 0.15) is 102 Å². The van der Waals surface area contributed by atoms with Crippen molar-refractivity contribution in [2.45, 2.75) is 114 Å². The minimum absolute atomic E-state index is 0.00477. The fraction of sp³-hybridized carbons (Fsp3) is 0.500. The zero-order chi connectivity index (χ0) is 29.6. The molecule has 1 aromatic heterocycles. The molecule has 226 valence electrons. The molecule has 0 aliphatic heterocycles. The Labute approximate surface area is 251 Å². The Bertz CT molecular complexity index is 1270. The van der Waals surface area contributed by atoms with E-state index in [0.29, 0.717) is 0 Å². The molecule has 0 aliphatic rings. The molecule has 0 fully saturated rings. The molecule has 0 atom stereocenters. The van der Waals surface area contributed by atoms with Crippen molar-refractivity contribution in [3.8, 4) is 11.5 Å². The van der Waals surface area contributed by atoms with Gasteiger partial charge in [0.1, 0.15) is 9.79 Å². The van der Waals surface area contributed by atoms with Gasteiger partial charge in [0, 0.05) is 10.8 Å². The highest BCUT2D eigenvalue weighted by molar-refractivity contribution is 7.87. The summed E-state index contributed by atoms with van der Waals surface area (Å²) in [6.07, 6.45) is 16.2. The highest BCUT2D eigenvalue weighted by Crippen LogP contribution is 2.36. The normalized spacial score (nSPS) is 12.0. The largest absolute Gasteiger partial charge is 0.374 e. The van der Waals surface area contributed by atoms with Crippen molar-refractivity contribution in [2.24, 2.45) is 0 Å². The van der Waals surface area contributed by atoms with Crippen LogP contribution in [0.4, 0.5) is 0 Å². The van der Waals surface area contributed by atoms with E-state index in [1.165, 1.54) is 86.4 Å². The molecular weight excluding hydrogens is 577 g/mol. The molecule has 0 amide bonds. The van der Waals surface area contributed by atoms with Crippen LogP contribution in [0.3, 0.4) is 0 Å². The van der Waals surface area contributed by atoms with E-state index in [1.54, 1.807) is 24.3 Å². The maximum Gasteiger partial charge on any atom is 0.339 e. The summed E-state index contributed by atoms with van der Waals surface area (Å²) in [5.74, 6) is -0.316. The average molecular weight is 621 g/mol. The molecule has 0 aliphatic carbocycles. The van der Waals surface area contributed by atoms with Crippen LogP contribution < -0.4 is 8.37 Å². The van der Waals surface area contributed by atoms with Crippen LogP contribution in [0, 0.1) is 0 Å². The standard InChI is InChI=1S/C32H44O6S3/c1-3-5-7-9-11-13-15-27-17-21-29(22-18-27)40(33,34)37-31-25-39-26-32(31)38-41(35,36)30-23-19-28(20-24-30)16-14-12-10-8-6-4-2/h17-26H,3-16H2,1-2H3. The lowest BCUT2D eigenvalue weighted by Gasteiger charge is -2.10. The van der Waals surface area contributed by atoms with E-state index in [1.807, 2.05) is 0 Å². The van der Waals surface area contributed by atoms with E-state index >= 15 is 0 Å². The Morgan fingerprint density at radius 3 is 1.22 bits per heavy atom. The number of aryl methyl sites for hydroxylation is 2. The van der Waals surface area contributed by atoms with Crippen molar-refractivity contribution >= 4 is 31.6 Å². The molecular formula is C32H44O6S3. The van der Waals surface area contributed by atoms with Gasteiger partial charge < -0.3 is 8.37 Å². The van der Waals surface area contributed by atoms with Gasteiger partial charge in [-0.1, -0.05) is 102 Å². The second-order valence-electron chi connectivity index (χ2n) is 10.5. The number of hydrogen-bond donors (Lipinski definition) is 0. The monoisotopic (exact) mass is 620 g/mol. The fourth-order valence-electron chi connectivity index (χ4n) is 4.59. The molecule has 0 saturated carbocycles. The molecule has 0 N–H and O–H groups in total.